The molecule has 0 saturated carbocycles. The second-order valence-corrected chi connectivity index (χ2v) is 9.26. The van der Waals surface area contributed by atoms with Crippen molar-refractivity contribution < 1.29 is 40.1 Å². The van der Waals surface area contributed by atoms with Gasteiger partial charge in [0.1, 0.15) is 11.2 Å². The standard InChI is InChI=1S/C42H26O/c1-2-12-28-25-29(22-21-27(28)11-1)31-13-3-4-15-34(31)42-37-18-7-5-16-35(37)41(36-17-6-8-19-38(36)42)30-23-24-33-32-14-9-10-20-39(32)43-40(33)26-30/h1-26H/i1D,2D,3D,4D,5D,6D,7D,8D,9D,10D,11D,12D,13D,14D,15D,16D,17D,18D,19D,20D,21D,22D,23D,24D,25D,26D. The molecule has 9 aromatic rings. The van der Waals surface area contributed by atoms with E-state index in [4.69, 9.17) is 25.0 Å². The monoisotopic (exact) mass is 572 g/mol. The molecule has 1 nitrogen and oxygen atoms in total. The van der Waals surface area contributed by atoms with Crippen LogP contribution in [-0.2, 0) is 0 Å². The fraction of sp³-hybridized carbons (Fsp3) is 0. The summed E-state index contributed by atoms with van der Waals surface area (Å²) in [5.74, 6) is 0. The van der Waals surface area contributed by atoms with Gasteiger partial charge < -0.3 is 4.42 Å². The van der Waals surface area contributed by atoms with Crippen molar-refractivity contribution in [2.75, 3.05) is 0 Å². The molecule has 0 aliphatic carbocycles. The Kier molecular flexibility index (Phi) is 2.13. The molecule has 8 aromatic carbocycles. The highest BCUT2D eigenvalue weighted by Gasteiger charge is 2.19. The smallest absolute Gasteiger partial charge is 0.136 e. The van der Waals surface area contributed by atoms with Crippen molar-refractivity contribution in [1.29, 1.82) is 0 Å². The van der Waals surface area contributed by atoms with Crippen molar-refractivity contribution in [3.05, 3.63) is 157 Å². The van der Waals surface area contributed by atoms with E-state index in [0.717, 1.165) is 0 Å². The Morgan fingerprint density at radius 1 is 0.349 bits per heavy atom. The normalized spacial score (nSPS) is 20.2. The van der Waals surface area contributed by atoms with Crippen LogP contribution in [0.15, 0.2) is 162 Å². The molecular weight excluding hydrogens is 520 g/mol. The number of rotatable bonds is 3. The van der Waals surface area contributed by atoms with Crippen molar-refractivity contribution >= 4 is 54.3 Å². The van der Waals surface area contributed by atoms with Gasteiger partial charge in [0.05, 0.1) is 35.6 Å². The summed E-state index contributed by atoms with van der Waals surface area (Å²) in [6.07, 6.45) is 0. The number of furan rings is 1. The molecule has 0 radical (unpaired) electrons. The lowest BCUT2D eigenvalue weighted by atomic mass is 9.83. The zero-order chi connectivity index (χ0) is 51.0. The quantitative estimate of drug-likeness (QED) is 0.192. The van der Waals surface area contributed by atoms with Crippen LogP contribution < -0.4 is 0 Å². The van der Waals surface area contributed by atoms with Crippen molar-refractivity contribution in [2.24, 2.45) is 0 Å². The predicted octanol–water partition coefficient (Wildman–Crippen LogP) is 12.0. The fourth-order valence-corrected chi connectivity index (χ4v) is 5.14. The first-order valence-corrected chi connectivity index (χ1v) is 12.7. The Morgan fingerprint density at radius 2 is 0.884 bits per heavy atom. The fourth-order valence-electron chi connectivity index (χ4n) is 5.14. The van der Waals surface area contributed by atoms with Gasteiger partial charge in [-0.2, -0.15) is 0 Å². The molecule has 0 saturated heterocycles. The van der Waals surface area contributed by atoms with Gasteiger partial charge in [0.25, 0.3) is 0 Å². The van der Waals surface area contributed by atoms with E-state index in [-0.39, 0.29) is 5.39 Å². The van der Waals surface area contributed by atoms with Crippen molar-refractivity contribution in [1.82, 2.24) is 0 Å². The van der Waals surface area contributed by atoms with E-state index < -0.39 is 239 Å². The van der Waals surface area contributed by atoms with Crippen LogP contribution in [0.2, 0.25) is 0 Å². The first-order valence-electron chi connectivity index (χ1n) is 25.7. The summed E-state index contributed by atoms with van der Waals surface area (Å²) in [4.78, 5) is 0. The van der Waals surface area contributed by atoms with Crippen LogP contribution in [0.4, 0.5) is 0 Å². The Morgan fingerprint density at radius 3 is 1.63 bits per heavy atom. The van der Waals surface area contributed by atoms with Gasteiger partial charge >= 0.3 is 0 Å². The number of hydrogen-bond donors (Lipinski definition) is 0. The van der Waals surface area contributed by atoms with Gasteiger partial charge in [0.15, 0.2) is 0 Å². The van der Waals surface area contributed by atoms with E-state index in [2.05, 4.69) is 0 Å². The summed E-state index contributed by atoms with van der Waals surface area (Å²) in [5.41, 5.74) is -5.91. The van der Waals surface area contributed by atoms with Crippen LogP contribution in [0.3, 0.4) is 0 Å². The number of benzene rings is 8. The molecule has 0 fully saturated rings. The maximum atomic E-state index is 9.55. The Balaban J connectivity index is 1.62. The third kappa shape index (κ3) is 3.72. The van der Waals surface area contributed by atoms with Gasteiger partial charge in [-0.1, -0.05) is 133 Å². The van der Waals surface area contributed by atoms with E-state index in [9.17, 15) is 15.1 Å². The highest BCUT2D eigenvalue weighted by atomic mass is 16.3. The molecular formula is C42H26O. The van der Waals surface area contributed by atoms with E-state index in [1.807, 2.05) is 0 Å². The number of fused-ring (bicyclic) bond motifs is 6. The van der Waals surface area contributed by atoms with Gasteiger partial charge in [-0.25, -0.2) is 0 Å². The lowest BCUT2D eigenvalue weighted by Crippen LogP contribution is -1.92. The lowest BCUT2D eigenvalue weighted by Gasteiger charge is -2.19. The van der Waals surface area contributed by atoms with Crippen LogP contribution >= 0.6 is 0 Å². The van der Waals surface area contributed by atoms with Crippen LogP contribution in [0.25, 0.3) is 87.6 Å². The van der Waals surface area contributed by atoms with Crippen molar-refractivity contribution in [3.63, 3.8) is 0 Å². The largest absolute Gasteiger partial charge is 0.456 e. The topological polar surface area (TPSA) is 13.1 Å². The number of para-hydroxylation sites is 1. The van der Waals surface area contributed by atoms with Crippen LogP contribution in [-0.4, -0.2) is 0 Å². The maximum absolute atomic E-state index is 9.55. The van der Waals surface area contributed by atoms with E-state index in [0.29, 0.717) is 0 Å². The Bertz CT molecular complexity index is 3890. The molecule has 1 aromatic heterocycles. The van der Waals surface area contributed by atoms with E-state index in [1.54, 1.807) is 0 Å². The minimum atomic E-state index is -1.07. The van der Waals surface area contributed by atoms with E-state index >= 15 is 0 Å². The van der Waals surface area contributed by atoms with Crippen molar-refractivity contribution in [3.8, 4) is 33.4 Å². The SMILES string of the molecule is [2H]c1c([2H])c([2H])c(-c2c3c([2H])c([2H])c([2H])c([2H])c3c(-c3c([2H])c([2H])c4c(oc5c([2H])c([2H])c([2H])c([2H])c54)c3[2H])c3c([2H])c([2H])c([2H])c([2H])c23)c(-c2c([2H])c([2H])c3c([2H])c([2H])c([2H])c([2H])c3c2[2H])c1[2H]. The zero-order valence-corrected chi connectivity index (χ0v) is 21.4. The highest BCUT2D eigenvalue weighted by molar-refractivity contribution is 6.23. The molecule has 200 valence electrons. The second-order valence-electron chi connectivity index (χ2n) is 9.26. The van der Waals surface area contributed by atoms with Gasteiger partial charge in [-0.3, -0.25) is 0 Å². The molecule has 0 atom stereocenters. The average molecular weight is 573 g/mol. The summed E-state index contributed by atoms with van der Waals surface area (Å²) in [6.45, 7) is 0. The minimum absolute atomic E-state index is 0.378. The summed E-state index contributed by atoms with van der Waals surface area (Å²) in [7, 11) is 0. The van der Waals surface area contributed by atoms with E-state index in [1.165, 1.54) is 0 Å². The molecule has 0 amide bonds. The van der Waals surface area contributed by atoms with Gasteiger partial charge in [-0.05, 0) is 89.9 Å². The Hall–Kier alpha value is -5.66. The maximum Gasteiger partial charge on any atom is 0.136 e. The summed E-state index contributed by atoms with van der Waals surface area (Å²) >= 11 is 0. The lowest BCUT2D eigenvalue weighted by molar-refractivity contribution is 0.669. The third-order valence-electron chi connectivity index (χ3n) is 6.95. The van der Waals surface area contributed by atoms with Crippen LogP contribution in [0.1, 0.15) is 35.6 Å². The minimum Gasteiger partial charge on any atom is -0.456 e. The first kappa shape index (κ1) is 9.69. The molecule has 1 heteroatoms. The summed E-state index contributed by atoms with van der Waals surface area (Å²) < 4.78 is 238. The number of hydrogen-bond acceptors (Lipinski definition) is 1. The Labute approximate surface area is 285 Å². The summed E-state index contributed by atoms with van der Waals surface area (Å²) in [5, 5.41) is -5.04. The molecule has 9 rings (SSSR count). The predicted molar refractivity (Wildman–Crippen MR) is 183 cm³/mol. The molecule has 0 spiro atoms. The average Bonchev–Trinajstić information content (AvgIpc) is 3.73. The molecule has 0 unspecified atom stereocenters. The molecule has 1 heterocycles. The molecule has 43 heavy (non-hydrogen) atoms. The van der Waals surface area contributed by atoms with Crippen LogP contribution in [0.5, 0.6) is 0 Å². The van der Waals surface area contributed by atoms with Gasteiger partial charge in [0, 0.05) is 10.8 Å². The first-order chi connectivity index (χ1) is 32.2. The second kappa shape index (κ2) is 9.44. The van der Waals surface area contributed by atoms with Crippen molar-refractivity contribution in [2.45, 2.75) is 0 Å². The highest BCUT2D eigenvalue weighted by Crippen LogP contribution is 2.46. The summed E-state index contributed by atoms with van der Waals surface area (Å²) in [6, 6.07) is -23.9. The van der Waals surface area contributed by atoms with Gasteiger partial charge in [-0.15, -0.1) is 0 Å². The third-order valence-corrected chi connectivity index (χ3v) is 6.95. The molecule has 0 bridgehead atoms. The molecule has 0 N–H and O–H groups in total. The zero-order valence-electron chi connectivity index (χ0n) is 47.4. The van der Waals surface area contributed by atoms with Gasteiger partial charge in [0.2, 0.25) is 0 Å². The van der Waals surface area contributed by atoms with Crippen LogP contribution in [0, 0.1) is 0 Å². The molecule has 0 aliphatic rings. The molecule has 0 aliphatic heterocycles.